The van der Waals surface area contributed by atoms with Crippen molar-refractivity contribution in [2.75, 3.05) is 6.61 Å². The first-order valence-corrected chi connectivity index (χ1v) is 9.35. The van der Waals surface area contributed by atoms with Crippen molar-refractivity contribution in [2.45, 2.75) is 55.1 Å². The number of hydrogen-bond acceptors (Lipinski definition) is 5. The van der Waals surface area contributed by atoms with Gasteiger partial charge in [-0.3, -0.25) is 0 Å². The summed E-state index contributed by atoms with van der Waals surface area (Å²) < 4.78 is 33.2. The summed E-state index contributed by atoms with van der Waals surface area (Å²) in [6.45, 7) is 3.27. The lowest BCUT2D eigenvalue weighted by molar-refractivity contribution is 0.117. The first-order chi connectivity index (χ1) is 9.54. The molecule has 7 heteroatoms. The first kappa shape index (κ1) is 14.5. The van der Waals surface area contributed by atoms with Crippen LogP contribution in [-0.4, -0.2) is 33.2 Å². The Morgan fingerprint density at radius 2 is 2.20 bits per heavy atom. The van der Waals surface area contributed by atoms with Crippen LogP contribution in [0, 0.1) is 0 Å². The Balaban J connectivity index is 1.63. The van der Waals surface area contributed by atoms with E-state index in [0.29, 0.717) is 16.9 Å². The third-order valence-electron chi connectivity index (χ3n) is 3.75. The van der Waals surface area contributed by atoms with E-state index < -0.39 is 10.0 Å². The molecule has 2 N–H and O–H groups in total. The van der Waals surface area contributed by atoms with Gasteiger partial charge < -0.3 is 10.1 Å². The predicted octanol–water partition coefficient (Wildman–Crippen LogP) is 1.46. The van der Waals surface area contributed by atoms with E-state index in [9.17, 15) is 8.42 Å². The zero-order chi connectivity index (χ0) is 14.2. The van der Waals surface area contributed by atoms with Crippen LogP contribution in [-0.2, 0) is 21.3 Å². The van der Waals surface area contributed by atoms with Crippen molar-refractivity contribution in [3.8, 4) is 0 Å². The van der Waals surface area contributed by atoms with E-state index in [1.54, 1.807) is 6.07 Å². The van der Waals surface area contributed by atoms with E-state index in [2.05, 4.69) is 10.0 Å². The second-order valence-corrected chi connectivity index (χ2v) is 8.37. The lowest BCUT2D eigenvalue weighted by Crippen LogP contribution is -2.38. The lowest BCUT2D eigenvalue weighted by atomic mass is 10.2. The van der Waals surface area contributed by atoms with Crippen molar-refractivity contribution in [1.29, 1.82) is 0 Å². The topological polar surface area (TPSA) is 67.4 Å². The average Bonchev–Trinajstić information content (AvgIpc) is 2.95. The van der Waals surface area contributed by atoms with Gasteiger partial charge in [0, 0.05) is 19.2 Å². The van der Waals surface area contributed by atoms with E-state index in [1.807, 2.05) is 12.3 Å². The molecule has 5 nitrogen and oxygen atoms in total. The molecule has 1 aliphatic heterocycles. The number of hydrogen-bond donors (Lipinski definition) is 2. The quantitative estimate of drug-likeness (QED) is 0.834. The second-order valence-electron chi connectivity index (χ2n) is 5.52. The van der Waals surface area contributed by atoms with E-state index in [1.165, 1.54) is 24.2 Å². The molecular formula is C13H20N2O3S2. The molecule has 2 heterocycles. The number of rotatable bonds is 6. The molecule has 20 heavy (non-hydrogen) atoms. The normalized spacial score (nSPS) is 27.1. The van der Waals surface area contributed by atoms with E-state index in [0.717, 1.165) is 18.5 Å². The molecule has 1 saturated heterocycles. The van der Waals surface area contributed by atoms with Crippen LogP contribution in [0.1, 0.15) is 31.7 Å². The Hall–Kier alpha value is -0.470. The van der Waals surface area contributed by atoms with Gasteiger partial charge in [0.25, 0.3) is 0 Å². The third-order valence-corrected chi connectivity index (χ3v) is 6.73. The van der Waals surface area contributed by atoms with Crippen LogP contribution < -0.4 is 10.0 Å². The van der Waals surface area contributed by atoms with Crippen molar-refractivity contribution in [2.24, 2.45) is 0 Å². The standard InChI is InChI=1S/C13H20N2O3S2/c1-9-12(4-5-18-9)15-20(16,17)13-6-10(8-19-13)7-14-11-2-3-11/h6,8-9,11-12,14-15H,2-5,7H2,1H3. The van der Waals surface area contributed by atoms with Gasteiger partial charge in [-0.25, -0.2) is 13.1 Å². The summed E-state index contributed by atoms with van der Waals surface area (Å²) in [4.78, 5) is 0. The van der Waals surface area contributed by atoms with Gasteiger partial charge in [-0.05, 0) is 43.2 Å². The first-order valence-electron chi connectivity index (χ1n) is 6.99. The van der Waals surface area contributed by atoms with Crippen LogP contribution in [0.15, 0.2) is 15.7 Å². The molecule has 2 unspecified atom stereocenters. The highest BCUT2D eigenvalue weighted by molar-refractivity contribution is 7.91. The maximum Gasteiger partial charge on any atom is 0.250 e. The summed E-state index contributed by atoms with van der Waals surface area (Å²) in [7, 11) is -3.42. The maximum atomic E-state index is 12.3. The molecule has 1 aromatic rings. The molecule has 0 bridgehead atoms. The van der Waals surface area contributed by atoms with Crippen molar-refractivity contribution < 1.29 is 13.2 Å². The predicted molar refractivity (Wildman–Crippen MR) is 78.3 cm³/mol. The fourth-order valence-corrected chi connectivity index (χ4v) is 4.84. The Morgan fingerprint density at radius 1 is 1.40 bits per heavy atom. The zero-order valence-electron chi connectivity index (χ0n) is 11.5. The third kappa shape index (κ3) is 3.40. The van der Waals surface area contributed by atoms with Gasteiger partial charge in [0.05, 0.1) is 12.1 Å². The number of ether oxygens (including phenoxy) is 1. The summed E-state index contributed by atoms with van der Waals surface area (Å²) in [5.74, 6) is 0. The van der Waals surface area contributed by atoms with Crippen LogP contribution in [0.4, 0.5) is 0 Å². The Morgan fingerprint density at radius 3 is 2.85 bits per heavy atom. The highest BCUT2D eigenvalue weighted by atomic mass is 32.2. The van der Waals surface area contributed by atoms with Gasteiger partial charge in [-0.1, -0.05) is 0 Å². The fraction of sp³-hybridized carbons (Fsp3) is 0.692. The monoisotopic (exact) mass is 316 g/mol. The molecule has 1 aromatic heterocycles. The lowest BCUT2D eigenvalue weighted by Gasteiger charge is -2.15. The van der Waals surface area contributed by atoms with Crippen molar-refractivity contribution in [3.63, 3.8) is 0 Å². The molecule has 1 saturated carbocycles. The van der Waals surface area contributed by atoms with Crippen LogP contribution >= 0.6 is 11.3 Å². The van der Waals surface area contributed by atoms with Gasteiger partial charge in [-0.15, -0.1) is 11.3 Å². The maximum absolute atomic E-state index is 12.3. The summed E-state index contributed by atoms with van der Waals surface area (Å²) in [5.41, 5.74) is 1.04. The van der Waals surface area contributed by atoms with E-state index in [-0.39, 0.29) is 12.1 Å². The minimum atomic E-state index is -3.42. The van der Waals surface area contributed by atoms with Gasteiger partial charge >= 0.3 is 0 Å². The number of thiophene rings is 1. The molecule has 2 aliphatic rings. The SMILES string of the molecule is CC1OCCC1NS(=O)(=O)c1cc(CNC2CC2)cs1. The summed E-state index contributed by atoms with van der Waals surface area (Å²) in [6.07, 6.45) is 3.15. The van der Waals surface area contributed by atoms with Crippen molar-refractivity contribution in [3.05, 3.63) is 17.0 Å². The summed E-state index contributed by atoms with van der Waals surface area (Å²) >= 11 is 1.28. The molecule has 0 radical (unpaired) electrons. The highest BCUT2D eigenvalue weighted by Crippen LogP contribution is 2.24. The van der Waals surface area contributed by atoms with Gasteiger partial charge in [0.1, 0.15) is 4.21 Å². The molecule has 112 valence electrons. The van der Waals surface area contributed by atoms with Crippen molar-refractivity contribution >= 4 is 21.4 Å². The fourth-order valence-electron chi connectivity index (χ4n) is 2.28. The van der Waals surface area contributed by atoms with Gasteiger partial charge in [-0.2, -0.15) is 0 Å². The summed E-state index contributed by atoms with van der Waals surface area (Å²) in [6, 6.07) is 2.28. The zero-order valence-corrected chi connectivity index (χ0v) is 13.1. The summed E-state index contributed by atoms with van der Waals surface area (Å²) in [5, 5.41) is 5.30. The molecule has 2 atom stereocenters. The molecule has 1 aliphatic carbocycles. The van der Waals surface area contributed by atoms with Crippen LogP contribution in [0.2, 0.25) is 0 Å². The largest absolute Gasteiger partial charge is 0.377 e. The number of sulfonamides is 1. The van der Waals surface area contributed by atoms with Crippen LogP contribution in [0.25, 0.3) is 0 Å². The average molecular weight is 316 g/mol. The Kier molecular flexibility index (Phi) is 4.14. The van der Waals surface area contributed by atoms with Gasteiger partial charge in [0.2, 0.25) is 10.0 Å². The minimum absolute atomic E-state index is 0.0549. The molecule has 3 rings (SSSR count). The second kappa shape index (κ2) is 5.73. The minimum Gasteiger partial charge on any atom is -0.377 e. The Labute approximate surface area is 123 Å². The van der Waals surface area contributed by atoms with Gasteiger partial charge in [0.15, 0.2) is 0 Å². The van der Waals surface area contributed by atoms with E-state index in [4.69, 9.17) is 4.74 Å². The molecule has 0 aromatic carbocycles. The van der Waals surface area contributed by atoms with Crippen LogP contribution in [0.5, 0.6) is 0 Å². The Bertz CT molecular complexity index is 566. The molecule has 0 amide bonds. The van der Waals surface area contributed by atoms with Crippen molar-refractivity contribution in [1.82, 2.24) is 10.0 Å². The molecular weight excluding hydrogens is 296 g/mol. The number of nitrogens with one attached hydrogen (secondary N) is 2. The highest BCUT2D eigenvalue weighted by Gasteiger charge is 2.30. The molecule has 0 spiro atoms. The molecule has 2 fully saturated rings. The van der Waals surface area contributed by atoms with E-state index >= 15 is 0 Å². The smallest absolute Gasteiger partial charge is 0.250 e. The van der Waals surface area contributed by atoms with Crippen LogP contribution in [0.3, 0.4) is 0 Å².